The van der Waals surface area contributed by atoms with Crippen molar-refractivity contribution in [2.75, 3.05) is 26.2 Å². The van der Waals surface area contributed by atoms with E-state index in [4.69, 9.17) is 9.47 Å². The van der Waals surface area contributed by atoms with E-state index in [2.05, 4.69) is 10.6 Å². The first-order valence-electron chi connectivity index (χ1n) is 10.3. The third-order valence-corrected chi connectivity index (χ3v) is 7.10. The first-order valence-corrected chi connectivity index (χ1v) is 11.7. The number of hydrogen-bond donors (Lipinski definition) is 2. The molecular weight excluding hydrogens is 426 g/mol. The molecule has 2 amide bonds. The highest BCUT2D eigenvalue weighted by Gasteiger charge is 2.30. The Morgan fingerprint density at radius 1 is 1.23 bits per heavy atom. The van der Waals surface area contributed by atoms with Crippen LogP contribution >= 0.6 is 0 Å². The average Bonchev–Trinajstić information content (AvgIpc) is 2.75. The Hall–Kier alpha value is -2.66. The summed E-state index contributed by atoms with van der Waals surface area (Å²) in [5.41, 5.74) is 0.134. The average molecular weight is 454 g/mol. The fourth-order valence-corrected chi connectivity index (χ4v) is 5.08. The van der Waals surface area contributed by atoms with E-state index < -0.39 is 22.1 Å². The predicted molar refractivity (Wildman–Crippen MR) is 110 cm³/mol. The van der Waals surface area contributed by atoms with Crippen molar-refractivity contribution in [1.29, 1.82) is 0 Å². The highest BCUT2D eigenvalue weighted by molar-refractivity contribution is 7.89. The lowest BCUT2D eigenvalue weighted by molar-refractivity contribution is -0.122. The van der Waals surface area contributed by atoms with E-state index in [1.165, 1.54) is 24.3 Å². The summed E-state index contributed by atoms with van der Waals surface area (Å²) in [6, 6.07) is 5.62. The van der Waals surface area contributed by atoms with E-state index in [-0.39, 0.29) is 48.1 Å². The maximum absolute atomic E-state index is 12.8. The van der Waals surface area contributed by atoms with Gasteiger partial charge in [0.15, 0.2) is 0 Å². The van der Waals surface area contributed by atoms with Crippen molar-refractivity contribution < 1.29 is 32.3 Å². The Morgan fingerprint density at radius 2 is 1.97 bits per heavy atom. The third-order valence-electron chi connectivity index (χ3n) is 5.26. The normalized spacial score (nSPS) is 22.3. The number of ether oxygens (including phenoxy) is 2. The van der Waals surface area contributed by atoms with Crippen molar-refractivity contribution in [2.24, 2.45) is 0 Å². The largest absolute Gasteiger partial charge is 0.459 e. The Morgan fingerprint density at radius 3 is 2.65 bits per heavy atom. The van der Waals surface area contributed by atoms with Gasteiger partial charge in [0.25, 0.3) is 0 Å². The van der Waals surface area contributed by atoms with Crippen LogP contribution < -0.4 is 10.6 Å². The number of amides is 2. The first kappa shape index (κ1) is 23.0. The molecular formula is C20H27N3O7S. The molecule has 2 aliphatic rings. The molecule has 0 spiro atoms. The predicted octanol–water partition coefficient (Wildman–Crippen LogP) is 1.02. The second-order valence-corrected chi connectivity index (χ2v) is 9.40. The molecule has 10 nitrogen and oxygen atoms in total. The molecule has 1 aliphatic heterocycles. The number of carbonyl (C=O) groups excluding carboxylic acids is 3. The molecule has 1 aliphatic carbocycles. The highest BCUT2D eigenvalue weighted by atomic mass is 32.2. The second-order valence-electron chi connectivity index (χ2n) is 7.46. The number of hydrogen-bond acceptors (Lipinski definition) is 7. The van der Waals surface area contributed by atoms with Gasteiger partial charge in [-0.05, 0) is 50.8 Å². The number of nitrogens with zero attached hydrogens (tertiary/aromatic N) is 1. The molecule has 0 radical (unpaired) electrons. The monoisotopic (exact) mass is 453 g/mol. The zero-order valence-corrected chi connectivity index (χ0v) is 18.2. The molecule has 1 aromatic carbocycles. The lowest BCUT2D eigenvalue weighted by Crippen LogP contribution is -2.49. The quantitative estimate of drug-likeness (QED) is 0.615. The Labute approximate surface area is 181 Å². The van der Waals surface area contributed by atoms with Gasteiger partial charge in [-0.25, -0.2) is 18.0 Å². The number of alkyl carbamates (subject to hydrolysis) is 1. The minimum Gasteiger partial charge on any atom is -0.459 e. The van der Waals surface area contributed by atoms with Crippen LogP contribution in [0.3, 0.4) is 0 Å². The fraction of sp³-hybridized carbons (Fsp3) is 0.550. The van der Waals surface area contributed by atoms with E-state index in [0.29, 0.717) is 32.3 Å². The molecule has 0 unspecified atom stereocenters. The van der Waals surface area contributed by atoms with Crippen LogP contribution in [-0.4, -0.2) is 69.1 Å². The van der Waals surface area contributed by atoms with Gasteiger partial charge in [0.05, 0.1) is 23.6 Å². The van der Waals surface area contributed by atoms with Crippen molar-refractivity contribution in [3.63, 3.8) is 0 Å². The SMILES string of the molecule is CCOC(=O)NC1CCC(OC(=O)c2cccc(S(=O)(=O)N3CCNC(=O)C3)c2)CC1. The number of sulfonamides is 1. The highest BCUT2D eigenvalue weighted by Crippen LogP contribution is 2.24. The van der Waals surface area contributed by atoms with Crippen LogP contribution in [0.4, 0.5) is 4.79 Å². The van der Waals surface area contributed by atoms with Crippen LogP contribution in [-0.2, 0) is 24.3 Å². The van der Waals surface area contributed by atoms with Crippen molar-refractivity contribution in [2.45, 2.75) is 49.6 Å². The number of carbonyl (C=O) groups is 3. The Balaban J connectivity index is 1.58. The van der Waals surface area contributed by atoms with Crippen molar-refractivity contribution in [3.8, 4) is 0 Å². The van der Waals surface area contributed by atoms with Crippen LogP contribution in [0.25, 0.3) is 0 Å². The molecule has 3 rings (SSSR count). The summed E-state index contributed by atoms with van der Waals surface area (Å²) in [7, 11) is -3.90. The smallest absolute Gasteiger partial charge is 0.407 e. The lowest BCUT2D eigenvalue weighted by atomic mass is 9.93. The Kier molecular flexibility index (Phi) is 7.50. The van der Waals surface area contributed by atoms with E-state index >= 15 is 0 Å². The third kappa shape index (κ3) is 5.95. The van der Waals surface area contributed by atoms with Crippen molar-refractivity contribution >= 4 is 28.0 Å². The summed E-state index contributed by atoms with van der Waals surface area (Å²) in [5.74, 6) is -0.964. The molecule has 1 saturated heterocycles. The van der Waals surface area contributed by atoms with Gasteiger partial charge in [0.2, 0.25) is 15.9 Å². The van der Waals surface area contributed by atoms with Gasteiger partial charge in [0.1, 0.15) is 6.10 Å². The Bertz CT molecular complexity index is 926. The van der Waals surface area contributed by atoms with E-state index in [1.54, 1.807) is 6.92 Å². The molecule has 1 heterocycles. The van der Waals surface area contributed by atoms with Gasteiger partial charge in [-0.2, -0.15) is 4.31 Å². The van der Waals surface area contributed by atoms with Crippen LogP contribution in [0.15, 0.2) is 29.2 Å². The van der Waals surface area contributed by atoms with Crippen LogP contribution in [0, 0.1) is 0 Å². The van der Waals surface area contributed by atoms with Crippen molar-refractivity contribution in [3.05, 3.63) is 29.8 Å². The van der Waals surface area contributed by atoms with Gasteiger partial charge in [-0.1, -0.05) is 6.07 Å². The van der Waals surface area contributed by atoms with Gasteiger partial charge < -0.3 is 20.1 Å². The van der Waals surface area contributed by atoms with Crippen LogP contribution in [0.5, 0.6) is 0 Å². The zero-order valence-electron chi connectivity index (χ0n) is 17.3. The standard InChI is InChI=1S/C20H27N3O7S/c1-2-29-20(26)22-15-6-8-16(9-7-15)30-19(25)14-4-3-5-17(12-14)31(27,28)23-11-10-21-18(24)13-23/h3-5,12,15-16H,2,6-11,13H2,1H3,(H,21,24)(H,22,26). The number of nitrogens with one attached hydrogen (secondary N) is 2. The van der Waals surface area contributed by atoms with Crippen molar-refractivity contribution in [1.82, 2.24) is 14.9 Å². The summed E-state index contributed by atoms with van der Waals surface area (Å²) in [6.07, 6.45) is 1.73. The molecule has 11 heteroatoms. The maximum Gasteiger partial charge on any atom is 0.407 e. The molecule has 0 bridgehead atoms. The van der Waals surface area contributed by atoms with Crippen LogP contribution in [0.1, 0.15) is 43.0 Å². The molecule has 1 saturated carbocycles. The summed E-state index contributed by atoms with van der Waals surface area (Å²) in [6.45, 7) is 2.21. The van der Waals surface area contributed by atoms with E-state index in [9.17, 15) is 22.8 Å². The zero-order chi connectivity index (χ0) is 22.4. The van der Waals surface area contributed by atoms with Gasteiger partial charge in [-0.3, -0.25) is 4.79 Å². The minimum absolute atomic E-state index is 0.0239. The molecule has 0 atom stereocenters. The molecule has 2 N–H and O–H groups in total. The molecule has 1 aromatic rings. The topological polar surface area (TPSA) is 131 Å². The molecule has 0 aromatic heterocycles. The molecule has 2 fully saturated rings. The van der Waals surface area contributed by atoms with E-state index in [1.807, 2.05) is 0 Å². The fourth-order valence-electron chi connectivity index (χ4n) is 3.64. The molecule has 170 valence electrons. The second kappa shape index (κ2) is 10.1. The van der Waals surface area contributed by atoms with Gasteiger partial charge >= 0.3 is 12.1 Å². The maximum atomic E-state index is 12.8. The summed E-state index contributed by atoms with van der Waals surface area (Å²) < 4.78 is 37.2. The lowest BCUT2D eigenvalue weighted by Gasteiger charge is -2.28. The van der Waals surface area contributed by atoms with Crippen LogP contribution in [0.2, 0.25) is 0 Å². The van der Waals surface area contributed by atoms with Gasteiger partial charge in [-0.15, -0.1) is 0 Å². The summed E-state index contributed by atoms with van der Waals surface area (Å²) in [4.78, 5) is 35.6. The number of esters is 1. The number of piperazine rings is 1. The van der Waals surface area contributed by atoms with E-state index in [0.717, 1.165) is 4.31 Å². The molecule has 31 heavy (non-hydrogen) atoms. The first-order chi connectivity index (χ1) is 14.8. The van der Waals surface area contributed by atoms with Gasteiger partial charge in [0, 0.05) is 19.1 Å². The number of rotatable bonds is 6. The summed E-state index contributed by atoms with van der Waals surface area (Å²) >= 11 is 0. The summed E-state index contributed by atoms with van der Waals surface area (Å²) in [5, 5.41) is 5.36. The minimum atomic E-state index is -3.90. The number of benzene rings is 1.